The van der Waals surface area contributed by atoms with Crippen LogP contribution in [0.3, 0.4) is 0 Å². The van der Waals surface area contributed by atoms with Crippen LogP contribution in [-0.2, 0) is 0 Å². The molecule has 16 heavy (non-hydrogen) atoms. The molecule has 4 N–H and O–H groups in total. The van der Waals surface area contributed by atoms with Crippen molar-refractivity contribution in [1.82, 2.24) is 0 Å². The minimum Gasteiger partial charge on any atom is -0.409 e. The van der Waals surface area contributed by atoms with E-state index in [0.717, 1.165) is 25.1 Å². The zero-order valence-corrected chi connectivity index (χ0v) is 8.99. The average Bonchev–Trinajstić information content (AvgIpc) is 2.28. The highest BCUT2D eigenvalue weighted by atomic mass is 19.1. The summed E-state index contributed by atoms with van der Waals surface area (Å²) >= 11 is 0. The van der Waals surface area contributed by atoms with Gasteiger partial charge in [0.1, 0.15) is 11.7 Å². The van der Waals surface area contributed by atoms with E-state index in [-0.39, 0.29) is 11.7 Å². The quantitative estimate of drug-likeness (QED) is 0.228. The molecule has 1 aromatic carbocycles. The topological polar surface area (TPSA) is 70.6 Å². The first-order valence-electron chi connectivity index (χ1n) is 5.18. The lowest BCUT2D eigenvalue weighted by atomic mass is 10.2. The number of hydrogen-bond acceptors (Lipinski definition) is 3. The van der Waals surface area contributed by atoms with Crippen molar-refractivity contribution in [2.24, 2.45) is 10.9 Å². The van der Waals surface area contributed by atoms with Crippen LogP contribution in [0.15, 0.2) is 29.4 Å². The van der Waals surface area contributed by atoms with Crippen molar-refractivity contribution in [3.05, 3.63) is 30.1 Å². The van der Waals surface area contributed by atoms with Gasteiger partial charge in [-0.15, -0.1) is 0 Å². The van der Waals surface area contributed by atoms with Crippen LogP contribution in [0.5, 0.6) is 0 Å². The number of nitrogens with one attached hydrogen (secondary N) is 1. The zero-order chi connectivity index (χ0) is 11.8. The standard InChI is InChI=1S/C11H16FN3O/c12-9-4-3-5-10(8-9)14-7-2-1-6-11(13)15-16/h3-5,8,14,16H,1-2,6-7H2,(H2,13,15). The Bertz CT molecular complexity index is 355. The Balaban J connectivity index is 2.16. The number of oxime groups is 1. The van der Waals surface area contributed by atoms with Crippen molar-refractivity contribution in [2.45, 2.75) is 19.3 Å². The lowest BCUT2D eigenvalue weighted by Crippen LogP contribution is -2.11. The molecule has 0 unspecified atom stereocenters. The van der Waals surface area contributed by atoms with E-state index in [0.29, 0.717) is 6.42 Å². The van der Waals surface area contributed by atoms with Crippen molar-refractivity contribution in [2.75, 3.05) is 11.9 Å². The van der Waals surface area contributed by atoms with Gasteiger partial charge < -0.3 is 16.3 Å². The highest BCUT2D eigenvalue weighted by Crippen LogP contribution is 2.09. The third-order valence-corrected chi connectivity index (χ3v) is 2.14. The fraction of sp³-hybridized carbons (Fsp3) is 0.364. The maximum atomic E-state index is 12.8. The summed E-state index contributed by atoms with van der Waals surface area (Å²) in [5.74, 6) is -0.00702. The number of nitrogens with two attached hydrogens (primary N) is 1. The van der Waals surface area contributed by atoms with Crippen molar-refractivity contribution in [3.8, 4) is 0 Å². The van der Waals surface area contributed by atoms with Crippen LogP contribution in [0, 0.1) is 5.82 Å². The maximum absolute atomic E-state index is 12.8. The van der Waals surface area contributed by atoms with Crippen LogP contribution in [-0.4, -0.2) is 17.6 Å². The first kappa shape index (κ1) is 12.3. The van der Waals surface area contributed by atoms with Gasteiger partial charge in [0.15, 0.2) is 0 Å². The predicted octanol–water partition coefficient (Wildman–Crippen LogP) is 2.15. The molecule has 4 nitrogen and oxygen atoms in total. The van der Waals surface area contributed by atoms with E-state index < -0.39 is 0 Å². The third kappa shape index (κ3) is 4.63. The van der Waals surface area contributed by atoms with E-state index in [1.807, 2.05) is 6.07 Å². The van der Waals surface area contributed by atoms with Crippen LogP contribution < -0.4 is 11.1 Å². The van der Waals surface area contributed by atoms with Crippen LogP contribution in [0.2, 0.25) is 0 Å². The third-order valence-electron chi connectivity index (χ3n) is 2.14. The summed E-state index contributed by atoms with van der Waals surface area (Å²) in [6.45, 7) is 0.738. The molecule has 0 aliphatic carbocycles. The van der Waals surface area contributed by atoms with Gasteiger partial charge >= 0.3 is 0 Å². The largest absolute Gasteiger partial charge is 0.409 e. The summed E-state index contributed by atoms with van der Waals surface area (Å²) in [6.07, 6.45) is 2.28. The smallest absolute Gasteiger partial charge is 0.139 e. The highest BCUT2D eigenvalue weighted by Gasteiger charge is 1.95. The number of halogens is 1. The molecule has 0 fully saturated rings. The molecule has 0 atom stereocenters. The minimum absolute atomic E-state index is 0.241. The molecule has 0 saturated heterocycles. The van der Waals surface area contributed by atoms with E-state index in [9.17, 15) is 4.39 Å². The van der Waals surface area contributed by atoms with Crippen molar-refractivity contribution < 1.29 is 9.60 Å². The number of amidine groups is 1. The zero-order valence-electron chi connectivity index (χ0n) is 8.99. The fourth-order valence-corrected chi connectivity index (χ4v) is 1.31. The van der Waals surface area contributed by atoms with Crippen molar-refractivity contribution in [1.29, 1.82) is 0 Å². The molecule has 0 aliphatic heterocycles. The molecule has 88 valence electrons. The molecule has 0 aliphatic rings. The van der Waals surface area contributed by atoms with Crippen molar-refractivity contribution in [3.63, 3.8) is 0 Å². The second kappa shape index (κ2) is 6.66. The Morgan fingerprint density at radius 3 is 2.94 bits per heavy atom. The van der Waals surface area contributed by atoms with Gasteiger partial charge in [0.2, 0.25) is 0 Å². The fourth-order valence-electron chi connectivity index (χ4n) is 1.31. The first-order valence-corrected chi connectivity index (χ1v) is 5.18. The molecule has 0 saturated carbocycles. The maximum Gasteiger partial charge on any atom is 0.139 e. The van der Waals surface area contributed by atoms with Gasteiger partial charge in [0.05, 0.1) is 0 Å². The summed E-state index contributed by atoms with van der Waals surface area (Å²) in [5.41, 5.74) is 6.08. The molecule has 0 bridgehead atoms. The normalized spacial score (nSPS) is 11.4. The molecule has 5 heteroatoms. The SMILES string of the molecule is NC(CCCCNc1cccc(F)c1)=NO. The van der Waals surface area contributed by atoms with Gasteiger partial charge in [0, 0.05) is 18.7 Å². The van der Waals surface area contributed by atoms with E-state index >= 15 is 0 Å². The number of rotatable bonds is 6. The van der Waals surface area contributed by atoms with Crippen LogP contribution in [0.1, 0.15) is 19.3 Å². The number of anilines is 1. The minimum atomic E-state index is -0.248. The van der Waals surface area contributed by atoms with E-state index in [1.165, 1.54) is 12.1 Å². The van der Waals surface area contributed by atoms with Crippen LogP contribution in [0.25, 0.3) is 0 Å². The monoisotopic (exact) mass is 225 g/mol. The lowest BCUT2D eigenvalue weighted by Gasteiger charge is -2.05. The van der Waals surface area contributed by atoms with Gasteiger partial charge in [-0.2, -0.15) is 0 Å². The number of hydrogen-bond donors (Lipinski definition) is 3. The lowest BCUT2D eigenvalue weighted by molar-refractivity contribution is 0.316. The molecule has 0 radical (unpaired) electrons. The van der Waals surface area contributed by atoms with Gasteiger partial charge in [-0.05, 0) is 31.0 Å². The van der Waals surface area contributed by atoms with E-state index in [4.69, 9.17) is 10.9 Å². The highest BCUT2D eigenvalue weighted by molar-refractivity contribution is 5.79. The molecular formula is C11H16FN3O. The van der Waals surface area contributed by atoms with E-state index in [2.05, 4.69) is 10.5 Å². The molecule has 0 spiro atoms. The van der Waals surface area contributed by atoms with Crippen molar-refractivity contribution >= 4 is 11.5 Å². The Morgan fingerprint density at radius 2 is 2.25 bits per heavy atom. The summed E-state index contributed by atoms with van der Waals surface area (Å²) in [4.78, 5) is 0. The second-order valence-electron chi connectivity index (χ2n) is 3.49. The van der Waals surface area contributed by atoms with Crippen LogP contribution >= 0.6 is 0 Å². The Labute approximate surface area is 94.0 Å². The molecule has 0 heterocycles. The van der Waals surface area contributed by atoms with Crippen LogP contribution in [0.4, 0.5) is 10.1 Å². The van der Waals surface area contributed by atoms with E-state index in [1.54, 1.807) is 6.07 Å². The Kier molecular flexibility index (Phi) is 5.11. The molecule has 1 aromatic rings. The Hall–Kier alpha value is -1.78. The average molecular weight is 225 g/mol. The molecule has 0 amide bonds. The summed E-state index contributed by atoms with van der Waals surface area (Å²) in [6, 6.07) is 6.33. The first-order chi connectivity index (χ1) is 7.72. The molecule has 1 rings (SSSR count). The van der Waals surface area contributed by atoms with Gasteiger partial charge in [-0.3, -0.25) is 0 Å². The Morgan fingerprint density at radius 1 is 1.44 bits per heavy atom. The second-order valence-corrected chi connectivity index (χ2v) is 3.49. The number of unbranched alkanes of at least 4 members (excludes halogenated alkanes) is 1. The predicted molar refractivity (Wildman–Crippen MR) is 62.1 cm³/mol. The molecular weight excluding hydrogens is 209 g/mol. The van der Waals surface area contributed by atoms with Gasteiger partial charge in [0.25, 0.3) is 0 Å². The number of benzene rings is 1. The summed E-state index contributed by atoms with van der Waals surface area (Å²) < 4.78 is 12.8. The van der Waals surface area contributed by atoms with Gasteiger partial charge in [-0.1, -0.05) is 11.2 Å². The summed E-state index contributed by atoms with van der Waals surface area (Å²) in [7, 11) is 0. The summed E-state index contributed by atoms with van der Waals surface area (Å²) in [5, 5.41) is 14.3. The molecule has 0 aromatic heterocycles. The van der Waals surface area contributed by atoms with Gasteiger partial charge in [-0.25, -0.2) is 4.39 Å². The number of nitrogens with zero attached hydrogens (tertiary/aromatic N) is 1.